The number of benzene rings is 2. The van der Waals surface area contributed by atoms with Crippen molar-refractivity contribution in [3.8, 4) is 11.5 Å². The summed E-state index contributed by atoms with van der Waals surface area (Å²) in [4.78, 5) is 4.93. The van der Waals surface area contributed by atoms with Crippen molar-refractivity contribution >= 4 is 0 Å². The van der Waals surface area contributed by atoms with Crippen molar-refractivity contribution in [2.45, 2.75) is 19.1 Å². The molecule has 0 aliphatic carbocycles. The molecule has 1 unspecified atom stereocenters. The molecule has 1 aliphatic heterocycles. The van der Waals surface area contributed by atoms with E-state index in [0.717, 1.165) is 49.9 Å². The topological polar surface area (TPSA) is 81.7 Å². The number of piperazine rings is 1. The molecule has 0 amide bonds. The number of nitrogens with zero attached hydrogens (tertiary/aromatic N) is 6. The normalized spacial score (nSPS) is 15.7. The van der Waals surface area contributed by atoms with E-state index < -0.39 is 0 Å². The summed E-state index contributed by atoms with van der Waals surface area (Å²) >= 11 is 0. The second-order valence-electron chi connectivity index (χ2n) is 8.59. The minimum atomic E-state index is -0.140. The van der Waals surface area contributed by atoms with Gasteiger partial charge in [0.25, 0.3) is 0 Å². The summed E-state index contributed by atoms with van der Waals surface area (Å²) in [6, 6.07) is 20.3. The molecule has 182 valence electrons. The van der Waals surface area contributed by atoms with Crippen LogP contribution in [-0.4, -0.2) is 70.4 Å². The van der Waals surface area contributed by atoms with E-state index in [0.29, 0.717) is 18.0 Å². The zero-order chi connectivity index (χ0) is 24.0. The highest BCUT2D eigenvalue weighted by molar-refractivity contribution is 5.45. The maximum absolute atomic E-state index is 5.61. The number of aromatic nitrogens is 4. The van der Waals surface area contributed by atoms with E-state index in [1.54, 1.807) is 20.5 Å². The maximum atomic E-state index is 5.61. The number of rotatable bonds is 9. The number of ether oxygens (including phenoxy) is 2. The van der Waals surface area contributed by atoms with Gasteiger partial charge in [-0.05, 0) is 45.8 Å². The molecule has 0 spiro atoms. The highest BCUT2D eigenvalue weighted by atomic mass is 16.5. The SMILES string of the molecule is COc1ccc(C(c2nnnn2Cc2ccco2)N2CCN(Cc3ccccc3)CC2)cc1OC. The van der Waals surface area contributed by atoms with Crippen LogP contribution < -0.4 is 9.47 Å². The lowest BCUT2D eigenvalue weighted by Gasteiger charge is -2.39. The average molecular weight is 475 g/mol. The molecule has 2 aromatic heterocycles. The lowest BCUT2D eigenvalue weighted by molar-refractivity contribution is 0.100. The van der Waals surface area contributed by atoms with Crippen molar-refractivity contribution < 1.29 is 13.9 Å². The van der Waals surface area contributed by atoms with E-state index in [9.17, 15) is 0 Å². The molecule has 9 nitrogen and oxygen atoms in total. The van der Waals surface area contributed by atoms with E-state index >= 15 is 0 Å². The van der Waals surface area contributed by atoms with Gasteiger partial charge in [-0.1, -0.05) is 36.4 Å². The first-order valence-corrected chi connectivity index (χ1v) is 11.8. The molecule has 0 saturated carbocycles. The van der Waals surface area contributed by atoms with Crippen LogP contribution in [0.15, 0.2) is 71.3 Å². The van der Waals surface area contributed by atoms with Gasteiger partial charge >= 0.3 is 0 Å². The monoisotopic (exact) mass is 474 g/mol. The lowest BCUT2D eigenvalue weighted by Crippen LogP contribution is -2.48. The molecule has 9 heteroatoms. The molecule has 1 atom stereocenters. The Balaban J connectivity index is 1.42. The maximum Gasteiger partial charge on any atom is 0.173 e. The molecule has 1 saturated heterocycles. The quantitative estimate of drug-likeness (QED) is 0.366. The van der Waals surface area contributed by atoms with Crippen molar-refractivity contribution in [2.75, 3.05) is 40.4 Å². The van der Waals surface area contributed by atoms with Gasteiger partial charge in [-0.25, -0.2) is 4.68 Å². The molecule has 5 rings (SSSR count). The second-order valence-corrected chi connectivity index (χ2v) is 8.59. The van der Waals surface area contributed by atoms with Gasteiger partial charge in [-0.15, -0.1) is 5.10 Å². The summed E-state index contributed by atoms with van der Waals surface area (Å²) in [5, 5.41) is 12.8. The van der Waals surface area contributed by atoms with Crippen LogP contribution in [0.2, 0.25) is 0 Å². The van der Waals surface area contributed by atoms with Crippen molar-refractivity contribution in [1.82, 2.24) is 30.0 Å². The highest BCUT2D eigenvalue weighted by Gasteiger charge is 2.31. The Labute approximate surface area is 204 Å². The van der Waals surface area contributed by atoms with Crippen LogP contribution in [0, 0.1) is 0 Å². The summed E-state index contributed by atoms with van der Waals surface area (Å²) in [5.41, 5.74) is 2.38. The Morgan fingerprint density at radius 3 is 2.40 bits per heavy atom. The van der Waals surface area contributed by atoms with Crippen molar-refractivity contribution in [3.63, 3.8) is 0 Å². The first-order chi connectivity index (χ1) is 17.2. The third-order valence-corrected chi connectivity index (χ3v) is 6.43. The molecular weight excluding hydrogens is 444 g/mol. The van der Waals surface area contributed by atoms with E-state index in [4.69, 9.17) is 13.9 Å². The number of tetrazole rings is 1. The molecule has 1 aliphatic rings. The third-order valence-electron chi connectivity index (χ3n) is 6.43. The predicted octanol–water partition coefficient (Wildman–Crippen LogP) is 3.24. The van der Waals surface area contributed by atoms with Crippen LogP contribution in [0.5, 0.6) is 11.5 Å². The number of furan rings is 1. The highest BCUT2D eigenvalue weighted by Crippen LogP contribution is 2.35. The van der Waals surface area contributed by atoms with Gasteiger partial charge in [0.15, 0.2) is 17.3 Å². The van der Waals surface area contributed by atoms with Gasteiger partial charge in [-0.3, -0.25) is 9.80 Å². The predicted molar refractivity (Wildman–Crippen MR) is 130 cm³/mol. The summed E-state index contributed by atoms with van der Waals surface area (Å²) in [6.07, 6.45) is 1.66. The third kappa shape index (κ3) is 5.21. The fraction of sp³-hybridized carbons (Fsp3) is 0.346. The van der Waals surface area contributed by atoms with Crippen LogP contribution in [0.3, 0.4) is 0 Å². The van der Waals surface area contributed by atoms with Crippen LogP contribution in [-0.2, 0) is 13.1 Å². The zero-order valence-electron chi connectivity index (χ0n) is 20.1. The van der Waals surface area contributed by atoms with E-state index in [2.05, 4.69) is 61.7 Å². The molecular formula is C26H30N6O3. The summed E-state index contributed by atoms with van der Waals surface area (Å²) in [6.45, 7) is 5.11. The van der Waals surface area contributed by atoms with Gasteiger partial charge in [0.1, 0.15) is 12.3 Å². The summed E-state index contributed by atoms with van der Waals surface area (Å²) in [5.74, 6) is 2.95. The van der Waals surface area contributed by atoms with E-state index in [-0.39, 0.29) is 6.04 Å². The number of hydrogen-bond acceptors (Lipinski definition) is 8. The van der Waals surface area contributed by atoms with Gasteiger partial charge in [0.2, 0.25) is 0 Å². The Kier molecular flexibility index (Phi) is 7.06. The van der Waals surface area contributed by atoms with Gasteiger partial charge in [0, 0.05) is 32.7 Å². The number of methoxy groups -OCH3 is 2. The smallest absolute Gasteiger partial charge is 0.173 e. The van der Waals surface area contributed by atoms with Crippen molar-refractivity contribution in [2.24, 2.45) is 0 Å². The van der Waals surface area contributed by atoms with Crippen LogP contribution >= 0.6 is 0 Å². The minimum Gasteiger partial charge on any atom is -0.493 e. The van der Waals surface area contributed by atoms with Crippen LogP contribution in [0.25, 0.3) is 0 Å². The second kappa shape index (κ2) is 10.7. The molecule has 3 heterocycles. The summed E-state index contributed by atoms with van der Waals surface area (Å²) < 4.78 is 18.4. The standard InChI is InChI=1S/C26H30N6O3/c1-33-23-11-10-21(17-24(23)34-2)25(26-27-28-29-32(26)19-22-9-6-16-35-22)31-14-12-30(13-15-31)18-20-7-4-3-5-8-20/h3-11,16-17,25H,12-15,18-19H2,1-2H3. The van der Waals surface area contributed by atoms with Gasteiger partial charge < -0.3 is 13.9 Å². The molecule has 4 aromatic rings. The molecule has 2 aromatic carbocycles. The largest absolute Gasteiger partial charge is 0.493 e. The van der Waals surface area contributed by atoms with Gasteiger partial charge in [-0.2, -0.15) is 0 Å². The molecule has 0 N–H and O–H groups in total. The molecule has 35 heavy (non-hydrogen) atoms. The number of hydrogen-bond donors (Lipinski definition) is 0. The Morgan fingerprint density at radius 2 is 1.69 bits per heavy atom. The van der Waals surface area contributed by atoms with E-state index in [1.807, 2.05) is 28.9 Å². The fourth-order valence-corrected chi connectivity index (χ4v) is 4.64. The minimum absolute atomic E-state index is 0.140. The first-order valence-electron chi connectivity index (χ1n) is 11.8. The first kappa shape index (κ1) is 23.1. The Morgan fingerprint density at radius 1 is 0.886 bits per heavy atom. The lowest BCUT2D eigenvalue weighted by atomic mass is 10.0. The Bertz CT molecular complexity index is 1200. The van der Waals surface area contributed by atoms with Crippen molar-refractivity contribution in [1.29, 1.82) is 0 Å². The van der Waals surface area contributed by atoms with Crippen molar-refractivity contribution in [3.05, 3.63) is 89.6 Å². The molecule has 0 radical (unpaired) electrons. The van der Waals surface area contributed by atoms with Crippen LogP contribution in [0.4, 0.5) is 0 Å². The molecule has 0 bridgehead atoms. The van der Waals surface area contributed by atoms with Crippen LogP contribution in [0.1, 0.15) is 28.8 Å². The zero-order valence-corrected chi connectivity index (χ0v) is 20.1. The molecule has 1 fully saturated rings. The average Bonchev–Trinajstić information content (AvgIpc) is 3.59. The van der Waals surface area contributed by atoms with Gasteiger partial charge in [0.05, 0.1) is 26.5 Å². The fourth-order valence-electron chi connectivity index (χ4n) is 4.64. The van der Waals surface area contributed by atoms with E-state index in [1.165, 1.54) is 5.56 Å². The Hall–Kier alpha value is -3.69. The summed E-state index contributed by atoms with van der Waals surface area (Å²) in [7, 11) is 3.30.